The van der Waals surface area contributed by atoms with Gasteiger partial charge in [-0.25, -0.2) is 0 Å². The van der Waals surface area contributed by atoms with E-state index < -0.39 is 0 Å². The molecule has 0 spiro atoms. The molecule has 166 valence electrons. The summed E-state index contributed by atoms with van der Waals surface area (Å²) in [6.07, 6.45) is 17.3. The van der Waals surface area contributed by atoms with Crippen molar-refractivity contribution < 1.29 is 19.1 Å². The number of hydrogen-bond donors (Lipinski definition) is 0. The van der Waals surface area contributed by atoms with E-state index in [1.807, 2.05) is 0 Å². The van der Waals surface area contributed by atoms with Crippen molar-refractivity contribution in [3.8, 4) is 0 Å². The molecule has 0 aromatic heterocycles. The zero-order valence-electron chi connectivity index (χ0n) is 18.9. The largest absolute Gasteiger partial charge is 0.466 e. The molecule has 0 radical (unpaired) electrons. The van der Waals surface area contributed by atoms with Gasteiger partial charge in [-0.15, -0.1) is 0 Å². The number of hydrogen-bond acceptors (Lipinski definition) is 4. The van der Waals surface area contributed by atoms with Gasteiger partial charge in [0.1, 0.15) is 0 Å². The Bertz CT molecular complexity index is 366. The molecule has 0 saturated heterocycles. The average Bonchev–Trinajstić information content (AvgIpc) is 2.67. The maximum Gasteiger partial charge on any atom is 0.306 e. The van der Waals surface area contributed by atoms with Crippen LogP contribution in [0.5, 0.6) is 0 Å². The Hall–Kier alpha value is -1.06. The number of rotatable bonds is 20. The van der Waals surface area contributed by atoms with E-state index in [1.54, 1.807) is 0 Å². The molecule has 4 heteroatoms. The summed E-state index contributed by atoms with van der Waals surface area (Å²) in [4.78, 5) is 23.3. The summed E-state index contributed by atoms with van der Waals surface area (Å²) in [5, 5.41) is 0. The Kier molecular flexibility index (Phi) is 19.9. The van der Waals surface area contributed by atoms with E-state index in [9.17, 15) is 9.59 Å². The van der Waals surface area contributed by atoms with E-state index in [0.29, 0.717) is 13.2 Å². The van der Waals surface area contributed by atoms with Gasteiger partial charge in [-0.1, -0.05) is 97.8 Å². The third kappa shape index (κ3) is 21.2. The van der Waals surface area contributed by atoms with Crippen LogP contribution in [-0.4, -0.2) is 25.2 Å². The number of unbranched alkanes of at least 4 members (excludes halogenated alkanes) is 11. The van der Waals surface area contributed by atoms with Crippen molar-refractivity contribution in [2.45, 2.75) is 124 Å². The van der Waals surface area contributed by atoms with E-state index in [4.69, 9.17) is 9.47 Å². The molecule has 0 fully saturated rings. The summed E-state index contributed by atoms with van der Waals surface area (Å²) < 4.78 is 10.4. The average molecular weight is 399 g/mol. The SMILES string of the molecule is CCCCCCCCCCCCOC(=O)CCC(=O)OCCCCCC(C)C. The first-order valence-corrected chi connectivity index (χ1v) is 11.9. The van der Waals surface area contributed by atoms with Crippen LogP contribution in [0.25, 0.3) is 0 Å². The smallest absolute Gasteiger partial charge is 0.306 e. The fourth-order valence-corrected chi connectivity index (χ4v) is 3.14. The van der Waals surface area contributed by atoms with Gasteiger partial charge in [0, 0.05) is 0 Å². The topological polar surface area (TPSA) is 52.6 Å². The highest BCUT2D eigenvalue weighted by molar-refractivity contribution is 5.77. The molecule has 0 aliphatic heterocycles. The van der Waals surface area contributed by atoms with Gasteiger partial charge in [0.25, 0.3) is 0 Å². The molecule has 0 aliphatic rings. The molecule has 0 atom stereocenters. The predicted molar refractivity (Wildman–Crippen MR) is 116 cm³/mol. The van der Waals surface area contributed by atoms with Gasteiger partial charge >= 0.3 is 11.9 Å². The monoisotopic (exact) mass is 398 g/mol. The summed E-state index contributed by atoms with van der Waals surface area (Å²) in [6, 6.07) is 0. The summed E-state index contributed by atoms with van der Waals surface area (Å²) in [7, 11) is 0. The second-order valence-electron chi connectivity index (χ2n) is 8.37. The molecule has 0 aromatic rings. The zero-order chi connectivity index (χ0) is 20.9. The Labute approximate surface area is 174 Å². The lowest BCUT2D eigenvalue weighted by Crippen LogP contribution is -2.11. The molecule has 0 aliphatic carbocycles. The molecule has 0 unspecified atom stereocenters. The van der Waals surface area contributed by atoms with Crippen LogP contribution in [0.4, 0.5) is 0 Å². The molecule has 0 amide bonds. The van der Waals surface area contributed by atoms with Crippen LogP contribution in [0.1, 0.15) is 124 Å². The summed E-state index contributed by atoms with van der Waals surface area (Å²) in [6.45, 7) is 7.62. The molecule has 4 nitrogen and oxygen atoms in total. The molecule has 0 bridgehead atoms. The molecule has 0 aromatic carbocycles. The quantitative estimate of drug-likeness (QED) is 0.164. The van der Waals surface area contributed by atoms with Crippen LogP contribution in [0, 0.1) is 5.92 Å². The Balaban J connectivity index is 3.33. The minimum Gasteiger partial charge on any atom is -0.466 e. The van der Waals surface area contributed by atoms with Crippen molar-refractivity contribution in [1.29, 1.82) is 0 Å². The van der Waals surface area contributed by atoms with Crippen LogP contribution in [0.2, 0.25) is 0 Å². The lowest BCUT2D eigenvalue weighted by molar-refractivity contribution is -0.150. The van der Waals surface area contributed by atoms with E-state index in [1.165, 1.54) is 64.2 Å². The molecule has 0 heterocycles. The second kappa shape index (κ2) is 20.7. The molecular weight excluding hydrogens is 352 g/mol. The standard InChI is InChI=1S/C24H46O4/c1-4-5-6-7-8-9-10-11-12-15-20-27-23(25)18-19-24(26)28-21-16-13-14-17-22(2)3/h22H,4-21H2,1-3H3. The van der Waals surface area contributed by atoms with Crippen LogP contribution < -0.4 is 0 Å². The summed E-state index contributed by atoms with van der Waals surface area (Å²) >= 11 is 0. The number of carbonyl (C=O) groups is 2. The summed E-state index contributed by atoms with van der Waals surface area (Å²) in [5.74, 6) is 0.151. The molecule has 28 heavy (non-hydrogen) atoms. The first-order valence-electron chi connectivity index (χ1n) is 11.9. The van der Waals surface area contributed by atoms with Crippen LogP contribution in [0.3, 0.4) is 0 Å². The van der Waals surface area contributed by atoms with Crippen LogP contribution in [0.15, 0.2) is 0 Å². The van der Waals surface area contributed by atoms with E-state index in [2.05, 4.69) is 20.8 Å². The van der Waals surface area contributed by atoms with E-state index in [0.717, 1.165) is 31.6 Å². The Morgan fingerprint density at radius 3 is 1.43 bits per heavy atom. The molecule has 0 rings (SSSR count). The molecule has 0 N–H and O–H groups in total. The first kappa shape index (κ1) is 26.9. The highest BCUT2D eigenvalue weighted by Crippen LogP contribution is 2.11. The maximum atomic E-state index is 11.7. The normalized spacial score (nSPS) is 11.0. The fourth-order valence-electron chi connectivity index (χ4n) is 3.14. The maximum absolute atomic E-state index is 11.7. The summed E-state index contributed by atoms with van der Waals surface area (Å²) in [5.41, 5.74) is 0. The van der Waals surface area contributed by atoms with Crippen molar-refractivity contribution in [1.82, 2.24) is 0 Å². The van der Waals surface area contributed by atoms with Gasteiger partial charge in [0.2, 0.25) is 0 Å². The van der Waals surface area contributed by atoms with E-state index >= 15 is 0 Å². The van der Waals surface area contributed by atoms with Gasteiger partial charge < -0.3 is 9.47 Å². The lowest BCUT2D eigenvalue weighted by atomic mass is 10.1. The van der Waals surface area contributed by atoms with Crippen molar-refractivity contribution in [2.24, 2.45) is 5.92 Å². The number of ether oxygens (including phenoxy) is 2. The van der Waals surface area contributed by atoms with Crippen molar-refractivity contribution in [2.75, 3.05) is 13.2 Å². The van der Waals surface area contributed by atoms with Gasteiger partial charge in [-0.3, -0.25) is 9.59 Å². The van der Waals surface area contributed by atoms with Gasteiger partial charge in [-0.2, -0.15) is 0 Å². The van der Waals surface area contributed by atoms with Crippen molar-refractivity contribution in [3.63, 3.8) is 0 Å². The Morgan fingerprint density at radius 1 is 0.607 bits per heavy atom. The highest BCUT2D eigenvalue weighted by atomic mass is 16.5. The number of esters is 2. The Morgan fingerprint density at radius 2 is 1.00 bits per heavy atom. The number of carbonyl (C=O) groups excluding carboxylic acids is 2. The molecular formula is C24H46O4. The fraction of sp³-hybridized carbons (Fsp3) is 0.917. The second-order valence-corrected chi connectivity index (χ2v) is 8.37. The third-order valence-corrected chi connectivity index (χ3v) is 4.98. The minimum atomic E-state index is -0.292. The minimum absolute atomic E-state index is 0.128. The van der Waals surface area contributed by atoms with Crippen molar-refractivity contribution in [3.05, 3.63) is 0 Å². The van der Waals surface area contributed by atoms with Gasteiger partial charge in [0.05, 0.1) is 26.1 Å². The lowest BCUT2D eigenvalue weighted by Gasteiger charge is -2.07. The van der Waals surface area contributed by atoms with Crippen LogP contribution >= 0.6 is 0 Å². The predicted octanol–water partition coefficient (Wildman–Crippen LogP) is 6.99. The van der Waals surface area contributed by atoms with Crippen molar-refractivity contribution >= 4 is 11.9 Å². The van der Waals surface area contributed by atoms with Gasteiger partial charge in [-0.05, 0) is 18.8 Å². The van der Waals surface area contributed by atoms with Crippen LogP contribution in [-0.2, 0) is 19.1 Å². The third-order valence-electron chi connectivity index (χ3n) is 4.98. The van der Waals surface area contributed by atoms with Gasteiger partial charge in [0.15, 0.2) is 0 Å². The highest BCUT2D eigenvalue weighted by Gasteiger charge is 2.09. The van der Waals surface area contributed by atoms with E-state index in [-0.39, 0.29) is 24.8 Å². The first-order chi connectivity index (χ1) is 13.6. The molecule has 0 saturated carbocycles. The zero-order valence-corrected chi connectivity index (χ0v) is 18.9.